The molecule has 6 nitrogen and oxygen atoms in total. The summed E-state index contributed by atoms with van der Waals surface area (Å²) in [5.41, 5.74) is 4.45. The molecule has 1 unspecified atom stereocenters. The highest BCUT2D eigenvalue weighted by molar-refractivity contribution is 6.08. The number of fused-ring (bicyclic) bond motifs is 1. The number of Topliss-reactive ketones (excluding diaryl/α,β-unsaturated/α-hetero) is 1. The molecule has 1 aliphatic heterocycles. The van der Waals surface area contributed by atoms with Gasteiger partial charge in [-0.1, -0.05) is 39.0 Å². The normalized spacial score (nSPS) is 17.7. The average molecular weight is 407 g/mol. The summed E-state index contributed by atoms with van der Waals surface area (Å²) in [6.07, 6.45) is 5.90. The minimum absolute atomic E-state index is 0.0622. The number of rotatable bonds is 6. The summed E-state index contributed by atoms with van der Waals surface area (Å²) < 4.78 is 5.38. The maximum Gasteiger partial charge on any atom is 0.171 e. The number of ketones is 1. The summed E-state index contributed by atoms with van der Waals surface area (Å²) in [5, 5.41) is 0. The lowest BCUT2D eigenvalue weighted by molar-refractivity contribution is 0.0860. The molecule has 30 heavy (non-hydrogen) atoms. The average Bonchev–Trinajstić information content (AvgIpc) is 3.33. The zero-order chi connectivity index (χ0) is 21.3. The van der Waals surface area contributed by atoms with Crippen molar-refractivity contribution >= 4 is 16.9 Å². The first-order chi connectivity index (χ1) is 14.4. The molecule has 6 heteroatoms. The Kier molecular flexibility index (Phi) is 5.71. The quantitative estimate of drug-likeness (QED) is 0.612. The molecule has 1 saturated heterocycles. The third-order valence-corrected chi connectivity index (χ3v) is 5.77. The SMILES string of the molecule is COCC1CCCN1Cc1cccc(-c2cnc3[nH]cc(C(=O)C(C)(C)C)c3n2)c1. The van der Waals surface area contributed by atoms with E-state index in [0.29, 0.717) is 22.8 Å². The number of likely N-dealkylation sites (tertiary alicyclic amines) is 1. The Morgan fingerprint density at radius 2 is 2.17 bits per heavy atom. The number of H-pyrrole nitrogens is 1. The molecule has 1 aromatic carbocycles. The van der Waals surface area contributed by atoms with Crippen LogP contribution < -0.4 is 0 Å². The van der Waals surface area contributed by atoms with E-state index < -0.39 is 5.41 Å². The van der Waals surface area contributed by atoms with Crippen molar-refractivity contribution < 1.29 is 9.53 Å². The molecule has 0 amide bonds. The molecule has 158 valence electrons. The van der Waals surface area contributed by atoms with Crippen LogP contribution in [0.25, 0.3) is 22.4 Å². The van der Waals surface area contributed by atoms with E-state index in [0.717, 1.165) is 31.0 Å². The van der Waals surface area contributed by atoms with Gasteiger partial charge in [0.15, 0.2) is 11.4 Å². The van der Waals surface area contributed by atoms with Crippen LogP contribution in [0.4, 0.5) is 0 Å². The minimum Gasteiger partial charge on any atom is -0.383 e. The van der Waals surface area contributed by atoms with Crippen LogP contribution in [-0.4, -0.2) is 51.9 Å². The van der Waals surface area contributed by atoms with Crippen molar-refractivity contribution in [3.8, 4) is 11.3 Å². The Labute approximate surface area is 177 Å². The summed E-state index contributed by atoms with van der Waals surface area (Å²) in [7, 11) is 1.77. The van der Waals surface area contributed by atoms with Crippen LogP contribution in [0.1, 0.15) is 49.5 Å². The number of carbonyl (C=O) groups excluding carboxylic acids is 1. The highest BCUT2D eigenvalue weighted by atomic mass is 16.5. The van der Waals surface area contributed by atoms with Gasteiger partial charge >= 0.3 is 0 Å². The van der Waals surface area contributed by atoms with E-state index in [9.17, 15) is 4.79 Å². The predicted molar refractivity (Wildman–Crippen MR) is 118 cm³/mol. The van der Waals surface area contributed by atoms with Crippen molar-refractivity contribution in [3.05, 3.63) is 47.8 Å². The molecule has 0 spiro atoms. The third kappa shape index (κ3) is 4.16. The summed E-state index contributed by atoms with van der Waals surface area (Å²) in [6, 6.07) is 8.93. The molecular formula is C24H30N4O2. The lowest BCUT2D eigenvalue weighted by Crippen LogP contribution is -2.32. The van der Waals surface area contributed by atoms with Crippen molar-refractivity contribution in [3.63, 3.8) is 0 Å². The molecule has 3 heterocycles. The molecule has 0 radical (unpaired) electrons. The molecule has 1 atom stereocenters. The second-order valence-corrected chi connectivity index (χ2v) is 9.16. The van der Waals surface area contributed by atoms with Crippen LogP contribution >= 0.6 is 0 Å². The Morgan fingerprint density at radius 1 is 1.33 bits per heavy atom. The molecule has 1 aliphatic rings. The number of nitrogens with zero attached hydrogens (tertiary/aromatic N) is 3. The molecule has 3 aromatic rings. The lowest BCUT2D eigenvalue weighted by atomic mass is 9.87. The molecule has 1 N–H and O–H groups in total. The van der Waals surface area contributed by atoms with E-state index in [4.69, 9.17) is 9.72 Å². The van der Waals surface area contributed by atoms with Crippen molar-refractivity contribution in [1.29, 1.82) is 0 Å². The van der Waals surface area contributed by atoms with E-state index in [1.54, 1.807) is 19.5 Å². The first-order valence-electron chi connectivity index (χ1n) is 10.6. The smallest absolute Gasteiger partial charge is 0.171 e. The monoisotopic (exact) mass is 406 g/mol. The molecule has 0 bridgehead atoms. The van der Waals surface area contributed by atoms with Gasteiger partial charge in [0.05, 0.1) is 24.1 Å². The van der Waals surface area contributed by atoms with Crippen molar-refractivity contribution in [1.82, 2.24) is 19.9 Å². The van der Waals surface area contributed by atoms with Crippen LogP contribution in [-0.2, 0) is 11.3 Å². The fraction of sp³-hybridized carbons (Fsp3) is 0.458. The predicted octanol–water partition coefficient (Wildman–Crippen LogP) is 4.46. The van der Waals surface area contributed by atoms with Gasteiger partial charge in [-0.3, -0.25) is 9.69 Å². The topological polar surface area (TPSA) is 71.1 Å². The molecule has 2 aromatic heterocycles. The second kappa shape index (κ2) is 8.28. The number of ether oxygens (including phenoxy) is 1. The Hall–Kier alpha value is -2.57. The second-order valence-electron chi connectivity index (χ2n) is 9.16. The van der Waals surface area contributed by atoms with E-state index >= 15 is 0 Å². The standard InChI is InChI=1S/C24H30N4O2/c1-24(2,3)22(29)19-12-25-23-21(19)27-20(13-26-23)17-8-5-7-16(11-17)14-28-10-6-9-18(28)15-30-4/h5,7-8,11-13,18H,6,9-10,14-15H2,1-4H3,(H,25,26). The van der Waals surface area contributed by atoms with Gasteiger partial charge in [-0.15, -0.1) is 0 Å². The van der Waals surface area contributed by atoms with E-state index in [1.165, 1.54) is 18.4 Å². The zero-order valence-corrected chi connectivity index (χ0v) is 18.2. The number of aromatic nitrogens is 3. The Bertz CT molecular complexity index is 1050. The molecular weight excluding hydrogens is 376 g/mol. The van der Waals surface area contributed by atoms with Crippen molar-refractivity contribution in [2.24, 2.45) is 5.41 Å². The van der Waals surface area contributed by atoms with Gasteiger partial charge in [0.1, 0.15) is 5.52 Å². The number of hydrogen-bond acceptors (Lipinski definition) is 5. The first-order valence-corrected chi connectivity index (χ1v) is 10.6. The molecule has 1 fully saturated rings. The van der Waals surface area contributed by atoms with Gasteiger partial charge in [0, 0.05) is 36.9 Å². The number of aromatic amines is 1. The van der Waals surface area contributed by atoms with Crippen LogP contribution in [0.3, 0.4) is 0 Å². The van der Waals surface area contributed by atoms with Gasteiger partial charge < -0.3 is 9.72 Å². The van der Waals surface area contributed by atoms with E-state index in [2.05, 4.69) is 33.1 Å². The number of carbonyl (C=O) groups is 1. The van der Waals surface area contributed by atoms with Crippen LogP contribution in [0.2, 0.25) is 0 Å². The van der Waals surface area contributed by atoms with Gasteiger partial charge in [-0.2, -0.15) is 0 Å². The van der Waals surface area contributed by atoms with Crippen LogP contribution in [0.5, 0.6) is 0 Å². The number of methoxy groups -OCH3 is 1. The zero-order valence-electron chi connectivity index (χ0n) is 18.2. The van der Waals surface area contributed by atoms with E-state index in [1.807, 2.05) is 26.8 Å². The maximum atomic E-state index is 12.8. The van der Waals surface area contributed by atoms with Gasteiger partial charge in [0.2, 0.25) is 0 Å². The summed E-state index contributed by atoms with van der Waals surface area (Å²) in [4.78, 5) is 27.7. The van der Waals surface area contributed by atoms with Gasteiger partial charge in [0.25, 0.3) is 0 Å². The maximum absolute atomic E-state index is 12.8. The minimum atomic E-state index is -0.471. The Morgan fingerprint density at radius 3 is 2.93 bits per heavy atom. The van der Waals surface area contributed by atoms with Crippen LogP contribution in [0, 0.1) is 5.41 Å². The van der Waals surface area contributed by atoms with Gasteiger partial charge in [-0.05, 0) is 31.0 Å². The first kappa shape index (κ1) is 20.7. The van der Waals surface area contributed by atoms with Crippen molar-refractivity contribution in [2.75, 3.05) is 20.3 Å². The molecule has 4 rings (SSSR count). The summed E-state index contributed by atoms with van der Waals surface area (Å²) in [6.45, 7) is 8.54. The lowest BCUT2D eigenvalue weighted by Gasteiger charge is -2.24. The highest BCUT2D eigenvalue weighted by Crippen LogP contribution is 2.28. The number of benzene rings is 1. The molecule has 0 aliphatic carbocycles. The molecule has 0 saturated carbocycles. The summed E-state index contributed by atoms with van der Waals surface area (Å²) >= 11 is 0. The number of hydrogen-bond donors (Lipinski definition) is 1. The fourth-order valence-corrected chi connectivity index (χ4v) is 4.16. The summed E-state index contributed by atoms with van der Waals surface area (Å²) in [5.74, 6) is 0.0622. The number of nitrogens with one attached hydrogen (secondary N) is 1. The van der Waals surface area contributed by atoms with Gasteiger partial charge in [-0.25, -0.2) is 9.97 Å². The Balaban J connectivity index is 1.63. The van der Waals surface area contributed by atoms with Crippen molar-refractivity contribution in [2.45, 2.75) is 46.2 Å². The highest BCUT2D eigenvalue weighted by Gasteiger charge is 2.27. The largest absolute Gasteiger partial charge is 0.383 e. The third-order valence-electron chi connectivity index (χ3n) is 5.77. The van der Waals surface area contributed by atoms with E-state index in [-0.39, 0.29) is 5.78 Å². The fourth-order valence-electron chi connectivity index (χ4n) is 4.16. The van der Waals surface area contributed by atoms with Crippen LogP contribution in [0.15, 0.2) is 36.7 Å².